The normalized spacial score (nSPS) is 13.4. The Balaban J connectivity index is 1.29. The van der Waals surface area contributed by atoms with Gasteiger partial charge in [-0.3, -0.25) is 4.79 Å². The first kappa shape index (κ1) is 26.1. The highest BCUT2D eigenvalue weighted by atomic mass is 35.5. The summed E-state index contributed by atoms with van der Waals surface area (Å²) in [6, 6.07) is 18.0. The van der Waals surface area contributed by atoms with Crippen molar-refractivity contribution in [2.45, 2.75) is 17.7 Å². The van der Waals surface area contributed by atoms with Gasteiger partial charge < -0.3 is 14.8 Å². The predicted octanol–water partition coefficient (Wildman–Crippen LogP) is 4.80. The van der Waals surface area contributed by atoms with Gasteiger partial charge in [0.05, 0.1) is 10.4 Å². The Labute approximate surface area is 230 Å². The second-order valence-electron chi connectivity index (χ2n) is 9.03. The fourth-order valence-corrected chi connectivity index (χ4v) is 5.82. The molecule has 0 radical (unpaired) electrons. The number of likely N-dealkylation sites (N-methyl/N-ethyl adjacent to an activating group) is 1. The topological polar surface area (TPSA) is 101 Å². The first-order chi connectivity index (χ1) is 18.1. The van der Waals surface area contributed by atoms with Gasteiger partial charge in [-0.05, 0) is 72.5 Å². The van der Waals surface area contributed by atoms with Crippen LogP contribution in [0.25, 0.3) is 16.6 Å². The molecule has 0 unspecified atom stereocenters. The maximum absolute atomic E-state index is 13.1. The lowest BCUT2D eigenvalue weighted by Gasteiger charge is -2.24. The Morgan fingerprint density at radius 3 is 2.37 bits per heavy atom. The Bertz CT molecular complexity index is 1650. The van der Waals surface area contributed by atoms with Gasteiger partial charge in [-0.25, -0.2) is 17.9 Å². The summed E-state index contributed by atoms with van der Waals surface area (Å²) in [6.07, 6.45) is 1.25. The molecular weight excluding hydrogens is 547 g/mol. The highest BCUT2D eigenvalue weighted by Gasteiger charge is 2.29. The largest absolute Gasteiger partial charge is 0.340 e. The molecule has 0 fully saturated rings. The Kier molecular flexibility index (Phi) is 7.09. The molecule has 1 aromatic heterocycles. The van der Waals surface area contributed by atoms with Gasteiger partial charge >= 0.3 is 6.03 Å². The van der Waals surface area contributed by atoms with E-state index in [0.717, 1.165) is 34.1 Å². The number of carbonyl (C=O) groups excluding carboxylic acids is 2. The van der Waals surface area contributed by atoms with Gasteiger partial charge in [-0.1, -0.05) is 41.4 Å². The van der Waals surface area contributed by atoms with Crippen molar-refractivity contribution in [3.63, 3.8) is 0 Å². The molecule has 196 valence electrons. The molecule has 38 heavy (non-hydrogen) atoms. The predicted molar refractivity (Wildman–Crippen MR) is 148 cm³/mol. The van der Waals surface area contributed by atoms with Crippen molar-refractivity contribution in [2.75, 3.05) is 20.1 Å². The van der Waals surface area contributed by atoms with Gasteiger partial charge in [0, 0.05) is 41.3 Å². The molecule has 1 aliphatic heterocycles. The molecule has 0 saturated carbocycles. The van der Waals surface area contributed by atoms with Crippen molar-refractivity contribution in [1.82, 2.24) is 19.5 Å². The molecule has 0 saturated heterocycles. The summed E-state index contributed by atoms with van der Waals surface area (Å²) < 4.78 is 28.6. The van der Waals surface area contributed by atoms with Crippen LogP contribution in [-0.4, -0.2) is 50.0 Å². The maximum atomic E-state index is 13.1. The molecule has 3 amide bonds. The minimum atomic E-state index is -4.00. The molecule has 0 bridgehead atoms. The summed E-state index contributed by atoms with van der Waals surface area (Å²) in [6.45, 7) is 0.885. The van der Waals surface area contributed by atoms with E-state index in [1.54, 1.807) is 11.9 Å². The van der Waals surface area contributed by atoms with E-state index in [-0.39, 0.29) is 17.3 Å². The Morgan fingerprint density at radius 2 is 1.66 bits per heavy atom. The molecule has 4 aromatic rings. The summed E-state index contributed by atoms with van der Waals surface area (Å²) in [5, 5.41) is 4.57. The van der Waals surface area contributed by atoms with E-state index in [4.69, 9.17) is 23.2 Å². The number of hydrogen-bond acceptors (Lipinski definition) is 4. The van der Waals surface area contributed by atoms with Crippen LogP contribution in [0.15, 0.2) is 71.6 Å². The van der Waals surface area contributed by atoms with Gasteiger partial charge in [-0.15, -0.1) is 0 Å². The minimum Gasteiger partial charge on any atom is -0.340 e. The third-order valence-electron chi connectivity index (χ3n) is 6.53. The van der Waals surface area contributed by atoms with E-state index in [1.165, 1.54) is 24.3 Å². The molecule has 8 nitrogen and oxygen atoms in total. The Hall–Kier alpha value is -3.53. The van der Waals surface area contributed by atoms with Crippen LogP contribution in [0.3, 0.4) is 0 Å². The lowest BCUT2D eigenvalue weighted by molar-refractivity contribution is 0.0773. The van der Waals surface area contributed by atoms with Crippen LogP contribution in [0, 0.1) is 0 Å². The van der Waals surface area contributed by atoms with E-state index >= 15 is 0 Å². The van der Waals surface area contributed by atoms with Crippen LogP contribution >= 0.6 is 23.2 Å². The molecular formula is C27H24Cl2N4O4S. The average Bonchev–Trinajstić information content (AvgIpc) is 3.20. The molecule has 0 spiro atoms. The summed E-state index contributed by atoms with van der Waals surface area (Å²) in [5.41, 5.74) is 4.29. The smallest absolute Gasteiger partial charge is 0.328 e. The number of amides is 3. The first-order valence-corrected chi connectivity index (χ1v) is 14.1. The van der Waals surface area contributed by atoms with E-state index < -0.39 is 16.1 Å². The van der Waals surface area contributed by atoms with Crippen LogP contribution in [0.5, 0.6) is 0 Å². The van der Waals surface area contributed by atoms with Gasteiger partial charge in [0.2, 0.25) is 0 Å². The molecule has 5 rings (SSSR count). The number of halogens is 2. The van der Waals surface area contributed by atoms with Gasteiger partial charge in [0.25, 0.3) is 15.9 Å². The van der Waals surface area contributed by atoms with Gasteiger partial charge in [0.15, 0.2) is 0 Å². The van der Waals surface area contributed by atoms with Crippen LogP contribution in [0.2, 0.25) is 10.0 Å². The zero-order chi connectivity index (χ0) is 27.0. The van der Waals surface area contributed by atoms with Crippen LogP contribution in [0.4, 0.5) is 4.79 Å². The van der Waals surface area contributed by atoms with Crippen molar-refractivity contribution >= 4 is 56.1 Å². The third kappa shape index (κ3) is 5.09. The maximum Gasteiger partial charge on any atom is 0.328 e. The number of hydrogen-bond donors (Lipinski definition) is 2. The van der Waals surface area contributed by atoms with E-state index in [1.807, 2.05) is 51.8 Å². The molecule has 1 aliphatic rings. The van der Waals surface area contributed by atoms with Crippen LogP contribution < -0.4 is 10.0 Å². The zero-order valence-electron chi connectivity index (χ0n) is 20.4. The van der Waals surface area contributed by atoms with Crippen molar-refractivity contribution in [3.8, 4) is 5.69 Å². The average molecular weight is 571 g/mol. The van der Waals surface area contributed by atoms with Crippen LogP contribution in [-0.2, 0) is 22.9 Å². The summed E-state index contributed by atoms with van der Waals surface area (Å²) in [4.78, 5) is 26.9. The van der Waals surface area contributed by atoms with Crippen molar-refractivity contribution in [2.24, 2.45) is 0 Å². The van der Waals surface area contributed by atoms with Crippen LogP contribution in [0.1, 0.15) is 21.6 Å². The number of nitrogens with one attached hydrogen (secondary N) is 2. The summed E-state index contributed by atoms with van der Waals surface area (Å²) in [7, 11) is -2.20. The number of urea groups is 1. The highest BCUT2D eigenvalue weighted by molar-refractivity contribution is 7.90. The van der Waals surface area contributed by atoms with E-state index in [9.17, 15) is 18.0 Å². The molecule has 0 aliphatic carbocycles. The van der Waals surface area contributed by atoms with E-state index in [0.29, 0.717) is 28.7 Å². The van der Waals surface area contributed by atoms with E-state index in [2.05, 4.69) is 5.32 Å². The van der Waals surface area contributed by atoms with Crippen molar-refractivity contribution in [1.29, 1.82) is 0 Å². The first-order valence-electron chi connectivity index (χ1n) is 11.9. The second-order valence-corrected chi connectivity index (χ2v) is 11.6. The van der Waals surface area contributed by atoms with Crippen molar-refractivity contribution in [3.05, 3.63) is 93.6 Å². The lowest BCUT2D eigenvalue weighted by Crippen LogP contribution is -2.40. The number of rotatable bonds is 6. The summed E-state index contributed by atoms with van der Waals surface area (Å²) in [5.74, 6) is -0.0357. The minimum absolute atomic E-state index is 0.0357. The third-order valence-corrected chi connectivity index (χ3v) is 8.36. The SMILES string of the molecule is CN1CCc2c(n(-c3ccc(CCNC(=O)NS(=O)(=O)c4ccc(Cl)cc4)cc3)c3cc(Cl)ccc23)C1=O. The highest BCUT2D eigenvalue weighted by Crippen LogP contribution is 2.34. The number of nitrogens with zero attached hydrogens (tertiary/aromatic N) is 2. The van der Waals surface area contributed by atoms with Gasteiger partial charge in [-0.2, -0.15) is 0 Å². The molecule has 2 N–H and O–H groups in total. The number of aromatic nitrogens is 1. The second kappa shape index (κ2) is 10.3. The number of carbonyl (C=O) groups is 2. The molecule has 3 aromatic carbocycles. The molecule has 2 heterocycles. The lowest BCUT2D eigenvalue weighted by atomic mass is 10.0. The summed E-state index contributed by atoms with van der Waals surface area (Å²) >= 11 is 12.1. The Morgan fingerprint density at radius 1 is 0.974 bits per heavy atom. The number of fused-ring (bicyclic) bond motifs is 3. The fourth-order valence-electron chi connectivity index (χ4n) is 4.60. The number of benzene rings is 3. The monoisotopic (exact) mass is 570 g/mol. The quantitative estimate of drug-likeness (QED) is 0.348. The number of sulfonamides is 1. The van der Waals surface area contributed by atoms with Crippen molar-refractivity contribution < 1.29 is 18.0 Å². The zero-order valence-corrected chi connectivity index (χ0v) is 22.7. The standard InChI is InChI=1S/C27H24Cl2N4O4S/c1-32-15-13-23-22-11-6-19(29)16-24(22)33(25(23)26(32)34)20-7-2-17(3-8-20)12-14-30-27(35)31-38(36,37)21-9-4-18(28)5-10-21/h2-11,16H,12-15H2,1H3,(H2,30,31,35). The van der Waals surface area contributed by atoms with Gasteiger partial charge in [0.1, 0.15) is 5.69 Å². The molecule has 0 atom stereocenters. The molecule has 11 heteroatoms. The fraction of sp³-hybridized carbons (Fsp3) is 0.185.